The lowest BCUT2D eigenvalue weighted by Crippen LogP contribution is -2.14. The number of nitrogens with two attached hydrogens (primary N) is 1. The number of anilines is 1. The first-order chi connectivity index (χ1) is 9.42. The van der Waals surface area contributed by atoms with Gasteiger partial charge in [-0.2, -0.15) is 0 Å². The number of aryl methyl sites for hydroxylation is 1. The predicted octanol–water partition coefficient (Wildman–Crippen LogP) is 2.39. The van der Waals surface area contributed by atoms with E-state index in [0.717, 1.165) is 11.6 Å². The van der Waals surface area contributed by atoms with Crippen LogP contribution in [0.4, 0.5) is 10.1 Å². The summed E-state index contributed by atoms with van der Waals surface area (Å²) in [6.07, 6.45) is 0. The van der Waals surface area contributed by atoms with E-state index in [1.807, 2.05) is 0 Å². The van der Waals surface area contributed by atoms with Gasteiger partial charge in [0.05, 0.1) is 4.90 Å². The van der Waals surface area contributed by atoms with Gasteiger partial charge in [-0.3, -0.25) is 4.72 Å². The maximum atomic E-state index is 13.2. The van der Waals surface area contributed by atoms with Crippen molar-refractivity contribution in [3.8, 4) is 0 Å². The van der Waals surface area contributed by atoms with Gasteiger partial charge in [0.2, 0.25) is 0 Å². The van der Waals surface area contributed by atoms with E-state index in [1.165, 1.54) is 12.1 Å². The van der Waals surface area contributed by atoms with Crippen molar-refractivity contribution in [3.63, 3.8) is 0 Å². The standard InChI is InChI=1S/C14H15FN2O2S/c1-10-2-5-12(15)8-14(10)20(18,19)17-13-6-3-11(9-16)4-7-13/h2-8,17H,9,16H2,1H3. The molecule has 0 aliphatic heterocycles. The minimum Gasteiger partial charge on any atom is -0.326 e. The Bertz CT molecular complexity index is 712. The van der Waals surface area contributed by atoms with Gasteiger partial charge < -0.3 is 5.73 Å². The molecule has 0 radical (unpaired) electrons. The molecule has 0 spiro atoms. The van der Waals surface area contributed by atoms with E-state index < -0.39 is 15.8 Å². The molecule has 20 heavy (non-hydrogen) atoms. The number of benzene rings is 2. The van der Waals surface area contributed by atoms with Crippen molar-refractivity contribution in [3.05, 3.63) is 59.4 Å². The molecule has 6 heteroatoms. The number of rotatable bonds is 4. The van der Waals surface area contributed by atoms with Crippen molar-refractivity contribution < 1.29 is 12.8 Å². The molecule has 0 aromatic heterocycles. The molecule has 0 amide bonds. The zero-order valence-corrected chi connectivity index (χ0v) is 11.7. The van der Waals surface area contributed by atoms with Gasteiger partial charge in [0.15, 0.2) is 0 Å². The van der Waals surface area contributed by atoms with Crippen molar-refractivity contribution >= 4 is 15.7 Å². The van der Waals surface area contributed by atoms with Gasteiger partial charge in [-0.1, -0.05) is 18.2 Å². The van der Waals surface area contributed by atoms with E-state index in [1.54, 1.807) is 31.2 Å². The second-order valence-corrected chi connectivity index (χ2v) is 6.07. The first-order valence-electron chi connectivity index (χ1n) is 6.00. The third-order valence-corrected chi connectivity index (χ3v) is 4.40. The minimum absolute atomic E-state index is 0.0691. The first-order valence-corrected chi connectivity index (χ1v) is 7.48. The van der Waals surface area contributed by atoms with Crippen LogP contribution in [-0.4, -0.2) is 8.42 Å². The molecule has 0 aliphatic rings. The molecule has 3 N–H and O–H groups in total. The lowest BCUT2D eigenvalue weighted by atomic mass is 10.2. The summed E-state index contributed by atoms with van der Waals surface area (Å²) in [6.45, 7) is 2.00. The topological polar surface area (TPSA) is 72.2 Å². The number of halogens is 1. The minimum atomic E-state index is -3.81. The molecular formula is C14H15FN2O2S. The van der Waals surface area contributed by atoms with Gasteiger partial charge in [-0.15, -0.1) is 0 Å². The Labute approximate surface area is 117 Å². The fourth-order valence-electron chi connectivity index (χ4n) is 1.78. The van der Waals surface area contributed by atoms with Crippen LogP contribution in [-0.2, 0) is 16.6 Å². The van der Waals surface area contributed by atoms with Gasteiger partial charge in [0.25, 0.3) is 10.0 Å². The molecule has 4 nitrogen and oxygen atoms in total. The molecule has 2 aromatic rings. The van der Waals surface area contributed by atoms with Crippen LogP contribution in [0.25, 0.3) is 0 Å². The third kappa shape index (κ3) is 3.15. The maximum absolute atomic E-state index is 13.2. The van der Waals surface area contributed by atoms with Gasteiger partial charge in [-0.25, -0.2) is 12.8 Å². The highest BCUT2D eigenvalue weighted by atomic mass is 32.2. The monoisotopic (exact) mass is 294 g/mol. The average molecular weight is 294 g/mol. The van der Waals surface area contributed by atoms with Crippen molar-refractivity contribution in [1.82, 2.24) is 0 Å². The Kier molecular flexibility index (Phi) is 4.06. The van der Waals surface area contributed by atoms with Crippen LogP contribution in [0.2, 0.25) is 0 Å². The molecular weight excluding hydrogens is 279 g/mol. The summed E-state index contributed by atoms with van der Waals surface area (Å²) >= 11 is 0. The molecule has 0 bridgehead atoms. The van der Waals surface area contributed by atoms with Crippen molar-refractivity contribution in [1.29, 1.82) is 0 Å². The van der Waals surface area contributed by atoms with Crippen LogP contribution in [0.3, 0.4) is 0 Å². The second kappa shape index (κ2) is 5.60. The fourth-order valence-corrected chi connectivity index (χ4v) is 3.10. The zero-order valence-electron chi connectivity index (χ0n) is 10.9. The lowest BCUT2D eigenvalue weighted by molar-refractivity contribution is 0.594. The van der Waals surface area contributed by atoms with E-state index in [9.17, 15) is 12.8 Å². The smallest absolute Gasteiger partial charge is 0.262 e. The molecule has 2 aromatic carbocycles. The Morgan fingerprint density at radius 3 is 2.40 bits per heavy atom. The summed E-state index contributed by atoms with van der Waals surface area (Å²) in [5.41, 5.74) is 7.26. The summed E-state index contributed by atoms with van der Waals surface area (Å²) in [5, 5.41) is 0. The molecule has 0 aliphatic carbocycles. The number of hydrogen-bond donors (Lipinski definition) is 2. The van der Waals surface area contributed by atoms with Crippen LogP contribution in [0, 0.1) is 12.7 Å². The zero-order chi connectivity index (χ0) is 14.8. The molecule has 0 saturated heterocycles. The van der Waals surface area contributed by atoms with Crippen LogP contribution >= 0.6 is 0 Å². The Morgan fingerprint density at radius 1 is 1.15 bits per heavy atom. The van der Waals surface area contributed by atoms with Gasteiger partial charge in [-0.05, 0) is 42.3 Å². The maximum Gasteiger partial charge on any atom is 0.262 e. The van der Waals surface area contributed by atoms with Crippen molar-refractivity contribution in [2.24, 2.45) is 5.73 Å². The summed E-state index contributed by atoms with van der Waals surface area (Å²) in [6, 6.07) is 10.4. The Hall–Kier alpha value is -1.92. The van der Waals surface area contributed by atoms with Gasteiger partial charge in [0, 0.05) is 12.2 Å². The SMILES string of the molecule is Cc1ccc(F)cc1S(=O)(=O)Nc1ccc(CN)cc1. The Balaban J connectivity index is 2.32. The predicted molar refractivity (Wildman–Crippen MR) is 76.3 cm³/mol. The van der Waals surface area contributed by atoms with E-state index in [2.05, 4.69) is 4.72 Å². The summed E-state index contributed by atoms with van der Waals surface area (Å²) in [7, 11) is -3.81. The molecule has 0 fully saturated rings. The molecule has 2 rings (SSSR count). The van der Waals surface area contributed by atoms with E-state index >= 15 is 0 Å². The lowest BCUT2D eigenvalue weighted by Gasteiger charge is -2.10. The summed E-state index contributed by atoms with van der Waals surface area (Å²) < 4.78 is 40.1. The van der Waals surface area contributed by atoms with Crippen LogP contribution in [0.15, 0.2) is 47.4 Å². The largest absolute Gasteiger partial charge is 0.326 e. The van der Waals surface area contributed by atoms with Crippen LogP contribution in [0.5, 0.6) is 0 Å². The second-order valence-electron chi connectivity index (χ2n) is 4.42. The summed E-state index contributed by atoms with van der Waals surface area (Å²) in [5.74, 6) is -0.588. The molecule has 0 saturated carbocycles. The fraction of sp³-hybridized carbons (Fsp3) is 0.143. The highest BCUT2D eigenvalue weighted by Gasteiger charge is 2.17. The molecule has 106 valence electrons. The Morgan fingerprint density at radius 2 is 1.80 bits per heavy atom. The van der Waals surface area contributed by atoms with Gasteiger partial charge in [0.1, 0.15) is 5.82 Å². The van der Waals surface area contributed by atoms with Gasteiger partial charge >= 0.3 is 0 Å². The highest BCUT2D eigenvalue weighted by molar-refractivity contribution is 7.92. The van der Waals surface area contributed by atoms with E-state index in [0.29, 0.717) is 17.8 Å². The van der Waals surface area contributed by atoms with Crippen molar-refractivity contribution in [2.75, 3.05) is 4.72 Å². The van der Waals surface area contributed by atoms with E-state index in [-0.39, 0.29) is 4.90 Å². The molecule has 0 heterocycles. The highest BCUT2D eigenvalue weighted by Crippen LogP contribution is 2.20. The molecule has 0 atom stereocenters. The number of nitrogens with one attached hydrogen (secondary N) is 1. The molecule has 0 unspecified atom stereocenters. The van der Waals surface area contributed by atoms with Crippen LogP contribution in [0.1, 0.15) is 11.1 Å². The number of sulfonamides is 1. The van der Waals surface area contributed by atoms with Crippen molar-refractivity contribution in [2.45, 2.75) is 18.4 Å². The van der Waals surface area contributed by atoms with Crippen LogP contribution < -0.4 is 10.5 Å². The van der Waals surface area contributed by atoms with E-state index in [4.69, 9.17) is 5.73 Å². The number of hydrogen-bond acceptors (Lipinski definition) is 3. The third-order valence-electron chi connectivity index (χ3n) is 2.88. The first kappa shape index (κ1) is 14.5. The summed E-state index contributed by atoms with van der Waals surface area (Å²) in [4.78, 5) is -0.0691. The normalized spacial score (nSPS) is 11.3. The quantitative estimate of drug-likeness (QED) is 0.909. The average Bonchev–Trinajstić information content (AvgIpc) is 2.42.